The fraction of sp³-hybridized carbons (Fsp3) is 0.571. The van der Waals surface area contributed by atoms with Gasteiger partial charge in [0.2, 0.25) is 0 Å². The summed E-state index contributed by atoms with van der Waals surface area (Å²) in [5.74, 6) is 0.412. The van der Waals surface area contributed by atoms with Crippen molar-refractivity contribution in [3.8, 4) is 0 Å². The van der Waals surface area contributed by atoms with Crippen molar-refractivity contribution in [2.45, 2.75) is 26.6 Å². The van der Waals surface area contributed by atoms with E-state index < -0.39 is 11.7 Å². The van der Waals surface area contributed by atoms with Crippen LogP contribution in [0.4, 0.5) is 18.9 Å². The van der Waals surface area contributed by atoms with E-state index in [4.69, 9.17) is 0 Å². The molecule has 108 valence electrons. The van der Waals surface area contributed by atoms with Gasteiger partial charge in [0.05, 0.1) is 5.56 Å². The van der Waals surface area contributed by atoms with Gasteiger partial charge >= 0.3 is 6.18 Å². The van der Waals surface area contributed by atoms with E-state index in [-0.39, 0.29) is 6.54 Å². The Morgan fingerprint density at radius 3 is 2.32 bits per heavy atom. The lowest BCUT2D eigenvalue weighted by atomic mass is 10.1. The number of nitrogens with zero attached hydrogens (tertiary/aromatic N) is 1. The number of halogens is 3. The van der Waals surface area contributed by atoms with Gasteiger partial charge in [0.25, 0.3) is 0 Å². The summed E-state index contributed by atoms with van der Waals surface area (Å²) in [5.41, 5.74) is 0.286. The van der Waals surface area contributed by atoms with E-state index in [9.17, 15) is 13.2 Å². The van der Waals surface area contributed by atoms with E-state index in [0.717, 1.165) is 0 Å². The van der Waals surface area contributed by atoms with E-state index in [1.54, 1.807) is 31.1 Å². The number of hydrogen-bond acceptors (Lipinski definition) is 2. The van der Waals surface area contributed by atoms with Crippen LogP contribution in [0.25, 0.3) is 0 Å². The maximum Gasteiger partial charge on any atom is 0.416 e. The van der Waals surface area contributed by atoms with Gasteiger partial charge in [-0.3, -0.25) is 0 Å². The van der Waals surface area contributed by atoms with E-state index in [0.29, 0.717) is 23.7 Å². The van der Waals surface area contributed by atoms with E-state index in [2.05, 4.69) is 5.32 Å². The summed E-state index contributed by atoms with van der Waals surface area (Å²) in [6.07, 6.45) is -4.32. The molecule has 2 nitrogen and oxygen atoms in total. The van der Waals surface area contributed by atoms with Gasteiger partial charge in [0.1, 0.15) is 0 Å². The number of rotatable bonds is 5. The first-order valence-electron chi connectivity index (χ1n) is 6.30. The predicted octanol–water partition coefficient (Wildman–Crippen LogP) is 3.52. The highest BCUT2D eigenvalue weighted by molar-refractivity contribution is 5.50. The zero-order valence-electron chi connectivity index (χ0n) is 11.8. The molecule has 0 aliphatic heterocycles. The van der Waals surface area contributed by atoms with Crippen LogP contribution >= 0.6 is 0 Å². The normalized spacial score (nSPS) is 12.0. The standard InChI is InChI=1S/C14H21F3N2/c1-10(2)8-18-9-11-5-6-12(19(3)4)7-13(11)14(15,16)17/h5-7,10,18H,8-9H2,1-4H3. The molecule has 0 atom stereocenters. The molecule has 1 N–H and O–H groups in total. The van der Waals surface area contributed by atoms with Gasteiger partial charge in [-0.2, -0.15) is 13.2 Å². The van der Waals surface area contributed by atoms with Crippen LogP contribution in [0.15, 0.2) is 18.2 Å². The zero-order chi connectivity index (χ0) is 14.6. The van der Waals surface area contributed by atoms with Crippen LogP contribution in [0.1, 0.15) is 25.0 Å². The lowest BCUT2D eigenvalue weighted by Gasteiger charge is -2.19. The fourth-order valence-corrected chi connectivity index (χ4v) is 1.76. The van der Waals surface area contributed by atoms with Gasteiger partial charge in [-0.15, -0.1) is 0 Å². The molecule has 1 rings (SSSR count). The predicted molar refractivity (Wildman–Crippen MR) is 72.3 cm³/mol. The average molecular weight is 274 g/mol. The molecule has 0 aromatic heterocycles. The Morgan fingerprint density at radius 1 is 1.21 bits per heavy atom. The monoisotopic (exact) mass is 274 g/mol. The van der Waals surface area contributed by atoms with Crippen LogP contribution in [-0.4, -0.2) is 20.6 Å². The quantitative estimate of drug-likeness (QED) is 0.884. The Labute approximate surface area is 112 Å². The van der Waals surface area contributed by atoms with Crippen molar-refractivity contribution in [2.24, 2.45) is 5.92 Å². The first-order chi connectivity index (χ1) is 8.71. The molecule has 0 bridgehead atoms. The topological polar surface area (TPSA) is 15.3 Å². The minimum Gasteiger partial charge on any atom is -0.378 e. The molecule has 0 spiro atoms. The molecule has 0 amide bonds. The minimum atomic E-state index is -4.32. The third-order valence-corrected chi connectivity index (χ3v) is 2.78. The van der Waals surface area contributed by atoms with Gasteiger partial charge in [0, 0.05) is 26.3 Å². The second-order valence-corrected chi connectivity index (χ2v) is 5.26. The third-order valence-electron chi connectivity index (χ3n) is 2.78. The van der Waals surface area contributed by atoms with Crippen molar-refractivity contribution >= 4 is 5.69 Å². The van der Waals surface area contributed by atoms with Crippen LogP contribution in [0, 0.1) is 5.92 Å². The average Bonchev–Trinajstić information content (AvgIpc) is 2.27. The SMILES string of the molecule is CC(C)CNCc1ccc(N(C)C)cc1C(F)(F)F. The molecule has 0 saturated heterocycles. The highest BCUT2D eigenvalue weighted by Crippen LogP contribution is 2.34. The van der Waals surface area contributed by atoms with Crippen molar-refractivity contribution < 1.29 is 13.2 Å². The summed E-state index contributed by atoms with van der Waals surface area (Å²) < 4.78 is 39.1. The number of benzene rings is 1. The molecule has 1 aromatic rings. The highest BCUT2D eigenvalue weighted by atomic mass is 19.4. The van der Waals surface area contributed by atoms with E-state index in [1.165, 1.54) is 6.07 Å². The molecule has 0 unspecified atom stereocenters. The van der Waals surface area contributed by atoms with Crippen molar-refractivity contribution in [3.63, 3.8) is 0 Å². The van der Waals surface area contributed by atoms with Crippen LogP contribution in [-0.2, 0) is 12.7 Å². The summed E-state index contributed by atoms with van der Waals surface area (Å²) in [4.78, 5) is 1.67. The highest BCUT2D eigenvalue weighted by Gasteiger charge is 2.33. The molecule has 1 aromatic carbocycles. The van der Waals surface area contributed by atoms with Crippen molar-refractivity contribution in [2.75, 3.05) is 25.5 Å². The van der Waals surface area contributed by atoms with E-state index in [1.807, 2.05) is 13.8 Å². The largest absolute Gasteiger partial charge is 0.416 e. The molecular weight excluding hydrogens is 253 g/mol. The molecule has 19 heavy (non-hydrogen) atoms. The fourth-order valence-electron chi connectivity index (χ4n) is 1.76. The minimum absolute atomic E-state index is 0.237. The smallest absolute Gasteiger partial charge is 0.378 e. The maximum atomic E-state index is 13.0. The second-order valence-electron chi connectivity index (χ2n) is 5.26. The molecule has 0 aliphatic rings. The summed E-state index contributed by atoms with van der Waals surface area (Å²) in [6.45, 7) is 4.98. The van der Waals surface area contributed by atoms with Crippen molar-refractivity contribution in [3.05, 3.63) is 29.3 Å². The van der Waals surface area contributed by atoms with Crippen LogP contribution in [0.3, 0.4) is 0 Å². The summed E-state index contributed by atoms with van der Waals surface area (Å²) >= 11 is 0. The molecule has 0 heterocycles. The summed E-state index contributed by atoms with van der Waals surface area (Å²) in [5, 5.41) is 3.05. The Morgan fingerprint density at radius 2 is 1.84 bits per heavy atom. The first-order valence-corrected chi connectivity index (χ1v) is 6.30. The van der Waals surface area contributed by atoms with Crippen molar-refractivity contribution in [1.29, 1.82) is 0 Å². The van der Waals surface area contributed by atoms with Crippen LogP contribution in [0.2, 0.25) is 0 Å². The van der Waals surface area contributed by atoms with Crippen molar-refractivity contribution in [1.82, 2.24) is 5.32 Å². The van der Waals surface area contributed by atoms with Gasteiger partial charge in [-0.1, -0.05) is 19.9 Å². The third kappa shape index (κ3) is 4.74. The van der Waals surface area contributed by atoms with Gasteiger partial charge in [-0.25, -0.2) is 0 Å². The summed E-state index contributed by atoms with van der Waals surface area (Å²) in [6, 6.07) is 4.46. The van der Waals surface area contributed by atoms with Crippen LogP contribution in [0.5, 0.6) is 0 Å². The molecule has 5 heteroatoms. The lowest BCUT2D eigenvalue weighted by molar-refractivity contribution is -0.138. The Kier molecular flexibility index (Phi) is 5.23. The number of nitrogens with one attached hydrogen (secondary N) is 1. The Hall–Kier alpha value is -1.23. The van der Waals surface area contributed by atoms with Gasteiger partial charge < -0.3 is 10.2 Å². The second kappa shape index (κ2) is 6.28. The molecule has 0 saturated carbocycles. The summed E-state index contributed by atoms with van der Waals surface area (Å²) in [7, 11) is 3.46. The number of hydrogen-bond donors (Lipinski definition) is 1. The Balaban J connectivity index is 2.96. The number of anilines is 1. The van der Waals surface area contributed by atoms with E-state index >= 15 is 0 Å². The zero-order valence-corrected chi connectivity index (χ0v) is 11.8. The molecule has 0 radical (unpaired) electrons. The number of alkyl halides is 3. The molecule has 0 aliphatic carbocycles. The van der Waals surface area contributed by atoms with Gasteiger partial charge in [0.15, 0.2) is 0 Å². The van der Waals surface area contributed by atoms with Gasteiger partial charge in [-0.05, 0) is 30.2 Å². The van der Waals surface area contributed by atoms with Crippen LogP contribution < -0.4 is 10.2 Å². The lowest BCUT2D eigenvalue weighted by Crippen LogP contribution is -2.22. The molecule has 0 fully saturated rings. The molecular formula is C14H21F3N2. The Bertz CT molecular complexity index is 412. The first kappa shape index (κ1) is 15.8. The maximum absolute atomic E-state index is 13.0.